The Kier molecular flexibility index (Phi) is 6.65. The van der Waals surface area contributed by atoms with Crippen molar-refractivity contribution in [1.82, 2.24) is 4.90 Å². The van der Waals surface area contributed by atoms with Crippen LogP contribution in [0.25, 0.3) is 0 Å². The smallest absolute Gasteiger partial charge is 0.228 e. The maximum Gasteiger partial charge on any atom is 0.228 e. The fraction of sp³-hybridized carbons (Fsp3) is 0.348. The van der Waals surface area contributed by atoms with Crippen LogP contribution in [0.5, 0.6) is 5.75 Å². The maximum absolute atomic E-state index is 12.6. The Bertz CT molecular complexity index is 923. The zero-order valence-corrected chi connectivity index (χ0v) is 16.9. The second-order valence-electron chi connectivity index (χ2n) is 7.28. The molecule has 1 fully saturated rings. The summed E-state index contributed by atoms with van der Waals surface area (Å²) < 4.78 is 5.32. The van der Waals surface area contributed by atoms with Crippen LogP contribution < -0.4 is 10.1 Å². The van der Waals surface area contributed by atoms with E-state index in [1.165, 1.54) is 14.0 Å². The topological polar surface area (TPSA) is 75.7 Å². The third-order valence-corrected chi connectivity index (χ3v) is 5.04. The van der Waals surface area contributed by atoms with Gasteiger partial charge in [0, 0.05) is 36.3 Å². The van der Waals surface area contributed by atoms with Crippen LogP contribution in [0.4, 0.5) is 5.69 Å². The first-order chi connectivity index (χ1) is 14.0. The van der Waals surface area contributed by atoms with Crippen molar-refractivity contribution in [3.05, 3.63) is 59.2 Å². The first kappa shape index (κ1) is 20.6. The number of methoxy groups -OCH3 is 1. The maximum atomic E-state index is 12.6. The van der Waals surface area contributed by atoms with Crippen LogP contribution in [-0.4, -0.2) is 36.2 Å². The molecule has 3 rings (SSSR count). The van der Waals surface area contributed by atoms with Crippen LogP contribution in [0.15, 0.2) is 42.5 Å². The Hall–Kier alpha value is -3.15. The Balaban J connectivity index is 1.67. The average Bonchev–Trinajstić information content (AvgIpc) is 2.70. The number of ether oxygens (including phenoxy) is 1. The van der Waals surface area contributed by atoms with E-state index in [-0.39, 0.29) is 24.0 Å². The van der Waals surface area contributed by atoms with E-state index < -0.39 is 0 Å². The van der Waals surface area contributed by atoms with Crippen LogP contribution >= 0.6 is 0 Å². The molecule has 152 valence electrons. The molecule has 1 aliphatic rings. The lowest BCUT2D eigenvalue weighted by Crippen LogP contribution is -2.34. The zero-order chi connectivity index (χ0) is 20.8. The lowest BCUT2D eigenvalue weighted by Gasteiger charge is -2.26. The number of carbonyl (C=O) groups excluding carboxylic acids is 3. The lowest BCUT2D eigenvalue weighted by molar-refractivity contribution is -0.133. The monoisotopic (exact) mass is 394 g/mol. The molecule has 1 N–H and O–H groups in total. The van der Waals surface area contributed by atoms with Crippen molar-refractivity contribution >= 4 is 23.3 Å². The number of nitrogens with zero attached hydrogens (tertiary/aromatic N) is 1. The Morgan fingerprint density at radius 1 is 1.14 bits per heavy atom. The molecule has 0 spiro atoms. The van der Waals surface area contributed by atoms with Crippen molar-refractivity contribution in [2.24, 2.45) is 0 Å². The van der Waals surface area contributed by atoms with Gasteiger partial charge >= 0.3 is 0 Å². The molecule has 0 saturated carbocycles. The highest BCUT2D eigenvalue weighted by molar-refractivity contribution is 5.96. The van der Waals surface area contributed by atoms with E-state index in [9.17, 15) is 14.4 Å². The van der Waals surface area contributed by atoms with Gasteiger partial charge in [-0.15, -0.1) is 0 Å². The summed E-state index contributed by atoms with van der Waals surface area (Å²) in [5.74, 6) is 0.495. The lowest BCUT2D eigenvalue weighted by atomic mass is 10.0. The quantitative estimate of drug-likeness (QED) is 0.728. The molecule has 0 radical (unpaired) electrons. The normalized spacial score (nSPS) is 13.9. The molecule has 1 heterocycles. The number of Topliss-reactive ketones (excluding diaryl/α,β-unsaturated/α-hetero) is 1. The summed E-state index contributed by atoms with van der Waals surface area (Å²) in [6.45, 7) is 2.82. The van der Waals surface area contributed by atoms with Crippen LogP contribution in [-0.2, 0) is 22.6 Å². The van der Waals surface area contributed by atoms with Crippen molar-refractivity contribution < 1.29 is 19.1 Å². The summed E-state index contributed by atoms with van der Waals surface area (Å²) in [5.41, 5.74) is 2.86. The first-order valence-corrected chi connectivity index (χ1v) is 9.80. The zero-order valence-electron chi connectivity index (χ0n) is 16.9. The van der Waals surface area contributed by atoms with E-state index in [0.717, 1.165) is 24.9 Å². The number of ketones is 1. The average molecular weight is 394 g/mol. The minimum atomic E-state index is -0.199. The number of hydrogen-bond donors (Lipinski definition) is 1. The number of carbonyl (C=O) groups is 3. The molecule has 2 amide bonds. The second-order valence-corrected chi connectivity index (χ2v) is 7.28. The molecule has 6 heteroatoms. The van der Waals surface area contributed by atoms with Gasteiger partial charge in [-0.2, -0.15) is 0 Å². The van der Waals surface area contributed by atoms with Gasteiger partial charge in [0.2, 0.25) is 11.8 Å². The SMILES string of the molecule is COc1ccc(C(C)=O)cc1CC(=O)Nc1cccc(CN2CCCCC2=O)c1. The molecule has 29 heavy (non-hydrogen) atoms. The third-order valence-electron chi connectivity index (χ3n) is 5.04. The summed E-state index contributed by atoms with van der Waals surface area (Å²) in [7, 11) is 1.54. The minimum absolute atomic E-state index is 0.0609. The summed E-state index contributed by atoms with van der Waals surface area (Å²) in [4.78, 5) is 38.1. The highest BCUT2D eigenvalue weighted by Gasteiger charge is 2.18. The molecular weight excluding hydrogens is 368 g/mol. The van der Waals surface area contributed by atoms with E-state index in [0.29, 0.717) is 35.5 Å². The van der Waals surface area contributed by atoms with Gasteiger partial charge in [-0.3, -0.25) is 14.4 Å². The number of hydrogen-bond acceptors (Lipinski definition) is 4. The van der Waals surface area contributed by atoms with E-state index in [1.54, 1.807) is 18.2 Å². The highest BCUT2D eigenvalue weighted by Crippen LogP contribution is 2.22. The predicted octanol–water partition coefficient (Wildman–Crippen LogP) is 3.59. The minimum Gasteiger partial charge on any atom is -0.496 e. The Morgan fingerprint density at radius 2 is 1.97 bits per heavy atom. The number of benzene rings is 2. The molecule has 0 atom stereocenters. The van der Waals surface area contributed by atoms with Crippen LogP contribution in [0, 0.1) is 0 Å². The summed E-state index contributed by atoms with van der Waals surface area (Å²) >= 11 is 0. The van der Waals surface area contributed by atoms with Gasteiger partial charge in [-0.25, -0.2) is 0 Å². The largest absolute Gasteiger partial charge is 0.496 e. The van der Waals surface area contributed by atoms with Gasteiger partial charge in [0.15, 0.2) is 5.78 Å². The van der Waals surface area contributed by atoms with Crippen molar-refractivity contribution in [2.45, 2.75) is 39.2 Å². The summed E-state index contributed by atoms with van der Waals surface area (Å²) in [6, 6.07) is 12.6. The van der Waals surface area contributed by atoms with Gasteiger partial charge in [0.25, 0.3) is 0 Å². The number of amides is 2. The van der Waals surface area contributed by atoms with Crippen molar-refractivity contribution in [1.29, 1.82) is 0 Å². The van der Waals surface area contributed by atoms with E-state index in [4.69, 9.17) is 4.74 Å². The van der Waals surface area contributed by atoms with Gasteiger partial charge in [0.05, 0.1) is 13.5 Å². The van der Waals surface area contributed by atoms with Crippen LogP contribution in [0.1, 0.15) is 47.7 Å². The molecule has 0 aliphatic carbocycles. The van der Waals surface area contributed by atoms with Gasteiger partial charge in [-0.05, 0) is 55.7 Å². The van der Waals surface area contributed by atoms with Crippen molar-refractivity contribution in [2.75, 3.05) is 19.0 Å². The van der Waals surface area contributed by atoms with E-state index in [1.807, 2.05) is 29.2 Å². The highest BCUT2D eigenvalue weighted by atomic mass is 16.5. The van der Waals surface area contributed by atoms with Crippen LogP contribution in [0.3, 0.4) is 0 Å². The fourth-order valence-corrected chi connectivity index (χ4v) is 3.51. The molecule has 2 aromatic carbocycles. The molecule has 2 aromatic rings. The Labute approximate surface area is 170 Å². The number of anilines is 1. The molecular formula is C23H26N2O4. The second kappa shape index (κ2) is 9.37. The number of piperidine rings is 1. The van der Waals surface area contributed by atoms with E-state index in [2.05, 4.69) is 5.32 Å². The molecule has 0 bridgehead atoms. The summed E-state index contributed by atoms with van der Waals surface area (Å²) in [5, 5.41) is 2.90. The standard InChI is InChI=1S/C23H26N2O4/c1-16(26)18-9-10-21(29-2)19(13-18)14-22(27)24-20-7-5-6-17(12-20)15-25-11-4-3-8-23(25)28/h5-7,9-10,12-13H,3-4,8,11,14-15H2,1-2H3,(H,24,27). The number of nitrogens with one attached hydrogen (secondary N) is 1. The van der Waals surface area contributed by atoms with E-state index >= 15 is 0 Å². The molecule has 1 aliphatic heterocycles. The molecule has 0 aromatic heterocycles. The van der Waals surface area contributed by atoms with Gasteiger partial charge < -0.3 is 15.0 Å². The fourth-order valence-electron chi connectivity index (χ4n) is 3.51. The first-order valence-electron chi connectivity index (χ1n) is 9.80. The van der Waals surface area contributed by atoms with Crippen molar-refractivity contribution in [3.63, 3.8) is 0 Å². The van der Waals surface area contributed by atoms with Gasteiger partial charge in [-0.1, -0.05) is 12.1 Å². The molecule has 0 unspecified atom stereocenters. The number of rotatable bonds is 7. The third kappa shape index (κ3) is 5.44. The molecule has 1 saturated heterocycles. The van der Waals surface area contributed by atoms with Gasteiger partial charge in [0.1, 0.15) is 5.75 Å². The Morgan fingerprint density at radius 3 is 2.69 bits per heavy atom. The predicted molar refractivity (Wildman–Crippen MR) is 111 cm³/mol. The van der Waals surface area contributed by atoms with Crippen LogP contribution in [0.2, 0.25) is 0 Å². The van der Waals surface area contributed by atoms with Crippen molar-refractivity contribution in [3.8, 4) is 5.75 Å². The molecule has 6 nitrogen and oxygen atoms in total. The summed E-state index contributed by atoms with van der Waals surface area (Å²) in [6.07, 6.45) is 2.69. The number of likely N-dealkylation sites (tertiary alicyclic amines) is 1.